The van der Waals surface area contributed by atoms with Crippen LogP contribution in [-0.4, -0.2) is 16.3 Å². The maximum atomic E-state index is 14.4. The Balaban J connectivity index is 1.76. The molecule has 2 N–H and O–H groups in total. The van der Waals surface area contributed by atoms with Gasteiger partial charge in [-0.15, -0.1) is 0 Å². The van der Waals surface area contributed by atoms with E-state index in [1.807, 2.05) is 36.4 Å². The molecule has 0 heterocycles. The van der Waals surface area contributed by atoms with E-state index in [4.69, 9.17) is 0 Å². The van der Waals surface area contributed by atoms with E-state index in [0.29, 0.717) is 5.56 Å². The SMILES string of the molecule is CC(O)CCC/C=C/c1ccc(-c2ccc3cc(O)ccc3c2)cc1F. The maximum Gasteiger partial charge on any atom is 0.131 e. The predicted molar refractivity (Wildman–Crippen MR) is 106 cm³/mol. The van der Waals surface area contributed by atoms with Gasteiger partial charge >= 0.3 is 0 Å². The zero-order chi connectivity index (χ0) is 18.5. The van der Waals surface area contributed by atoms with Crippen molar-refractivity contribution >= 4 is 16.8 Å². The fourth-order valence-electron chi connectivity index (χ4n) is 3.00. The summed E-state index contributed by atoms with van der Waals surface area (Å²) in [5.41, 5.74) is 2.33. The van der Waals surface area contributed by atoms with Crippen molar-refractivity contribution < 1.29 is 14.6 Å². The summed E-state index contributed by atoms with van der Waals surface area (Å²) >= 11 is 0. The predicted octanol–water partition coefficient (Wildman–Crippen LogP) is 5.92. The summed E-state index contributed by atoms with van der Waals surface area (Å²) in [5.74, 6) is -0.0130. The summed E-state index contributed by atoms with van der Waals surface area (Å²) in [6, 6.07) is 16.3. The summed E-state index contributed by atoms with van der Waals surface area (Å²) < 4.78 is 14.4. The molecule has 0 saturated carbocycles. The summed E-state index contributed by atoms with van der Waals surface area (Å²) in [5, 5.41) is 20.7. The number of halogens is 1. The van der Waals surface area contributed by atoms with Crippen LogP contribution >= 0.6 is 0 Å². The van der Waals surface area contributed by atoms with Crippen LogP contribution in [-0.2, 0) is 0 Å². The second kappa shape index (κ2) is 8.15. The Kier molecular flexibility index (Phi) is 5.69. The van der Waals surface area contributed by atoms with Crippen molar-refractivity contribution in [1.29, 1.82) is 0 Å². The second-order valence-electron chi connectivity index (χ2n) is 6.66. The first-order valence-electron chi connectivity index (χ1n) is 8.90. The number of benzene rings is 3. The molecular formula is C23H23FO2. The monoisotopic (exact) mass is 350 g/mol. The molecule has 134 valence electrons. The van der Waals surface area contributed by atoms with Crippen molar-refractivity contribution in [2.24, 2.45) is 0 Å². The molecule has 0 aromatic heterocycles. The number of aliphatic hydroxyl groups excluding tert-OH is 1. The normalized spacial score (nSPS) is 12.7. The largest absolute Gasteiger partial charge is 0.508 e. The third-order valence-corrected chi connectivity index (χ3v) is 4.45. The van der Waals surface area contributed by atoms with Crippen LogP contribution in [0.5, 0.6) is 5.75 Å². The summed E-state index contributed by atoms with van der Waals surface area (Å²) in [4.78, 5) is 0. The molecule has 26 heavy (non-hydrogen) atoms. The minimum absolute atomic E-state index is 0.237. The molecule has 0 aliphatic carbocycles. The Morgan fingerprint density at radius 2 is 1.65 bits per heavy atom. The first-order valence-corrected chi connectivity index (χ1v) is 8.90. The number of phenolic OH excluding ortho intramolecular Hbond substituents is 1. The number of allylic oxidation sites excluding steroid dienone is 1. The van der Waals surface area contributed by atoms with E-state index in [9.17, 15) is 14.6 Å². The molecule has 0 aliphatic rings. The number of hydrogen-bond donors (Lipinski definition) is 2. The van der Waals surface area contributed by atoms with E-state index in [-0.39, 0.29) is 17.7 Å². The number of aromatic hydroxyl groups is 1. The molecule has 0 saturated heterocycles. The molecule has 3 rings (SSSR count). The van der Waals surface area contributed by atoms with Crippen LogP contribution in [0, 0.1) is 5.82 Å². The second-order valence-corrected chi connectivity index (χ2v) is 6.66. The van der Waals surface area contributed by atoms with E-state index < -0.39 is 0 Å². The van der Waals surface area contributed by atoms with Crippen molar-refractivity contribution in [3.05, 3.63) is 72.1 Å². The molecule has 2 nitrogen and oxygen atoms in total. The van der Waals surface area contributed by atoms with Gasteiger partial charge in [0.2, 0.25) is 0 Å². The molecule has 0 spiro atoms. The molecule has 3 heteroatoms. The molecule has 3 aromatic carbocycles. The highest BCUT2D eigenvalue weighted by Crippen LogP contribution is 2.28. The lowest BCUT2D eigenvalue weighted by molar-refractivity contribution is 0.182. The molecule has 0 fully saturated rings. The van der Waals surface area contributed by atoms with Crippen LogP contribution in [0.4, 0.5) is 4.39 Å². The van der Waals surface area contributed by atoms with E-state index in [0.717, 1.165) is 41.2 Å². The van der Waals surface area contributed by atoms with Crippen molar-refractivity contribution in [2.75, 3.05) is 0 Å². The van der Waals surface area contributed by atoms with Gasteiger partial charge in [0.1, 0.15) is 11.6 Å². The zero-order valence-electron chi connectivity index (χ0n) is 14.8. The van der Waals surface area contributed by atoms with E-state index >= 15 is 0 Å². The Morgan fingerprint density at radius 1 is 0.962 bits per heavy atom. The number of rotatable bonds is 6. The maximum absolute atomic E-state index is 14.4. The van der Waals surface area contributed by atoms with Crippen molar-refractivity contribution in [1.82, 2.24) is 0 Å². The standard InChI is InChI=1S/C23H23FO2/c1-16(25)5-3-2-4-6-17-7-8-21(15-23(17)24)18-9-10-20-14-22(26)12-11-19(20)13-18/h4,6-16,25-26H,2-3,5H2,1H3/b6-4+. The zero-order valence-corrected chi connectivity index (χ0v) is 14.8. The van der Waals surface area contributed by atoms with Gasteiger partial charge in [0.15, 0.2) is 0 Å². The summed E-state index contributed by atoms with van der Waals surface area (Å²) in [6.45, 7) is 1.78. The highest BCUT2D eigenvalue weighted by Gasteiger charge is 2.05. The Labute approximate surface area is 153 Å². The van der Waals surface area contributed by atoms with Crippen LogP contribution in [0.25, 0.3) is 28.0 Å². The number of hydrogen-bond acceptors (Lipinski definition) is 2. The Hall–Kier alpha value is -2.65. The average Bonchev–Trinajstić information content (AvgIpc) is 2.62. The van der Waals surface area contributed by atoms with Crippen LogP contribution in [0.15, 0.2) is 60.7 Å². The molecule has 1 atom stereocenters. The molecule has 0 aliphatic heterocycles. The number of fused-ring (bicyclic) bond motifs is 1. The van der Waals surface area contributed by atoms with Gasteiger partial charge in [-0.2, -0.15) is 0 Å². The molecule has 0 bridgehead atoms. The van der Waals surface area contributed by atoms with Crippen LogP contribution in [0.3, 0.4) is 0 Å². The molecule has 0 amide bonds. The minimum atomic E-state index is -0.287. The molecule has 0 radical (unpaired) electrons. The van der Waals surface area contributed by atoms with Gasteiger partial charge in [0, 0.05) is 5.56 Å². The quantitative estimate of drug-likeness (QED) is 0.542. The number of unbranched alkanes of at least 4 members (excludes halogenated alkanes) is 1. The first-order chi connectivity index (χ1) is 12.5. The van der Waals surface area contributed by atoms with Gasteiger partial charge in [-0.3, -0.25) is 0 Å². The van der Waals surface area contributed by atoms with E-state index in [1.165, 1.54) is 0 Å². The number of phenols is 1. The molecule has 1 unspecified atom stereocenters. The Bertz CT molecular complexity index is 929. The first kappa shape index (κ1) is 18.2. The van der Waals surface area contributed by atoms with Gasteiger partial charge in [-0.05, 0) is 72.4 Å². The van der Waals surface area contributed by atoms with E-state index in [1.54, 1.807) is 37.3 Å². The summed E-state index contributed by atoms with van der Waals surface area (Å²) in [7, 11) is 0. The van der Waals surface area contributed by atoms with Crippen molar-refractivity contribution in [2.45, 2.75) is 32.3 Å². The third kappa shape index (κ3) is 4.50. The van der Waals surface area contributed by atoms with Crippen molar-refractivity contribution in [3.8, 4) is 16.9 Å². The lowest BCUT2D eigenvalue weighted by Crippen LogP contribution is -1.97. The number of aliphatic hydroxyl groups is 1. The average molecular weight is 350 g/mol. The Morgan fingerprint density at radius 3 is 2.42 bits per heavy atom. The van der Waals surface area contributed by atoms with E-state index in [2.05, 4.69) is 0 Å². The topological polar surface area (TPSA) is 40.5 Å². The van der Waals surface area contributed by atoms with Crippen LogP contribution in [0.1, 0.15) is 31.7 Å². The smallest absolute Gasteiger partial charge is 0.131 e. The van der Waals surface area contributed by atoms with Gasteiger partial charge in [-0.25, -0.2) is 4.39 Å². The van der Waals surface area contributed by atoms with Gasteiger partial charge in [0.05, 0.1) is 6.10 Å². The fourth-order valence-corrected chi connectivity index (χ4v) is 3.00. The lowest BCUT2D eigenvalue weighted by Gasteiger charge is -2.06. The molecule has 3 aromatic rings. The van der Waals surface area contributed by atoms with Crippen LogP contribution in [0.2, 0.25) is 0 Å². The summed E-state index contributed by atoms with van der Waals surface area (Å²) in [6.07, 6.45) is 5.92. The van der Waals surface area contributed by atoms with Crippen LogP contribution < -0.4 is 0 Å². The molecular weight excluding hydrogens is 327 g/mol. The van der Waals surface area contributed by atoms with Gasteiger partial charge < -0.3 is 10.2 Å². The fraction of sp³-hybridized carbons (Fsp3) is 0.217. The van der Waals surface area contributed by atoms with Gasteiger partial charge in [0.25, 0.3) is 0 Å². The highest BCUT2D eigenvalue weighted by atomic mass is 19.1. The lowest BCUT2D eigenvalue weighted by atomic mass is 9.99. The van der Waals surface area contributed by atoms with Crippen molar-refractivity contribution in [3.63, 3.8) is 0 Å². The minimum Gasteiger partial charge on any atom is -0.508 e. The highest BCUT2D eigenvalue weighted by molar-refractivity contribution is 5.88. The third-order valence-electron chi connectivity index (χ3n) is 4.45. The van der Waals surface area contributed by atoms with Gasteiger partial charge in [-0.1, -0.05) is 42.5 Å².